The average Bonchev–Trinajstić information content (AvgIpc) is 3.07. The van der Waals surface area contributed by atoms with Crippen molar-refractivity contribution in [3.8, 4) is 5.75 Å². The van der Waals surface area contributed by atoms with Crippen molar-refractivity contribution in [3.05, 3.63) is 83.8 Å². The lowest BCUT2D eigenvalue weighted by molar-refractivity contribution is 0.103. The Balaban J connectivity index is 1.83. The highest BCUT2D eigenvalue weighted by atomic mass is 16.5. The minimum absolute atomic E-state index is 0.0625. The Hall–Kier alpha value is -2.81. The molecule has 0 atom stereocenters. The maximum Gasteiger partial charge on any atom is 0.208 e. The van der Waals surface area contributed by atoms with Crippen molar-refractivity contribution in [1.29, 1.82) is 0 Å². The minimum Gasteiger partial charge on any atom is -0.438 e. The van der Waals surface area contributed by atoms with Crippen LogP contribution in [0.25, 0.3) is 0 Å². The first kappa shape index (κ1) is 12.9. The van der Waals surface area contributed by atoms with Crippen LogP contribution in [-0.2, 0) is 6.42 Å². The molecule has 2 aromatic carbocycles. The summed E-state index contributed by atoms with van der Waals surface area (Å²) < 4.78 is 5.99. The second-order valence-corrected chi connectivity index (χ2v) is 5.42. The summed E-state index contributed by atoms with van der Waals surface area (Å²) in [4.78, 5) is 14.7. The molecule has 1 aliphatic carbocycles. The Kier molecular flexibility index (Phi) is 2.86. The van der Waals surface area contributed by atoms with Gasteiger partial charge in [-0.25, -0.2) is 0 Å². The van der Waals surface area contributed by atoms with E-state index >= 15 is 0 Å². The van der Waals surface area contributed by atoms with Crippen LogP contribution in [0.5, 0.6) is 5.75 Å². The lowest BCUT2D eigenvalue weighted by Gasteiger charge is -2.17. The fourth-order valence-corrected chi connectivity index (χ4v) is 3.07. The molecule has 0 radical (unpaired) electrons. The third kappa shape index (κ3) is 1.79. The highest BCUT2D eigenvalue weighted by Crippen LogP contribution is 2.41. The van der Waals surface area contributed by atoms with Crippen molar-refractivity contribution in [3.63, 3.8) is 0 Å². The zero-order valence-electron chi connectivity index (χ0n) is 12.1. The first-order valence-corrected chi connectivity index (χ1v) is 7.30. The second-order valence-electron chi connectivity index (χ2n) is 5.42. The molecule has 2 aliphatic rings. The van der Waals surface area contributed by atoms with Crippen molar-refractivity contribution in [2.45, 2.75) is 6.42 Å². The lowest BCUT2D eigenvalue weighted by Crippen LogP contribution is -2.23. The van der Waals surface area contributed by atoms with E-state index in [1.165, 1.54) is 0 Å². The van der Waals surface area contributed by atoms with E-state index in [4.69, 9.17) is 4.74 Å². The third-order valence-electron chi connectivity index (χ3n) is 4.08. The number of nitrogens with zero attached hydrogens (tertiary/aromatic N) is 1. The quantitative estimate of drug-likeness (QED) is 0.623. The normalized spacial score (nSPS) is 18.9. The van der Waals surface area contributed by atoms with Gasteiger partial charge in [0.2, 0.25) is 5.88 Å². The van der Waals surface area contributed by atoms with Gasteiger partial charge in [-0.15, -0.1) is 6.58 Å². The highest BCUT2D eigenvalue weighted by molar-refractivity contribution is 6.13. The summed E-state index contributed by atoms with van der Waals surface area (Å²) in [5.41, 5.74) is 3.55. The Bertz CT molecular complexity index is 820. The van der Waals surface area contributed by atoms with Gasteiger partial charge in [-0.3, -0.25) is 4.79 Å². The number of fused-ring (bicyclic) bond motifs is 2. The maximum absolute atomic E-state index is 12.7. The molecule has 108 valence electrons. The zero-order valence-corrected chi connectivity index (χ0v) is 12.1. The van der Waals surface area contributed by atoms with Crippen molar-refractivity contribution in [1.82, 2.24) is 0 Å². The van der Waals surface area contributed by atoms with E-state index in [2.05, 4.69) is 6.58 Å². The summed E-state index contributed by atoms with van der Waals surface area (Å²) in [5, 5.41) is 0. The first-order chi connectivity index (χ1) is 10.8. The first-order valence-electron chi connectivity index (χ1n) is 7.30. The van der Waals surface area contributed by atoms with Crippen molar-refractivity contribution in [2.24, 2.45) is 0 Å². The Morgan fingerprint density at radius 2 is 1.91 bits per heavy atom. The monoisotopic (exact) mass is 289 g/mol. The Labute approximate surface area is 129 Å². The van der Waals surface area contributed by atoms with Crippen LogP contribution in [0.15, 0.2) is 72.6 Å². The fraction of sp³-hybridized carbons (Fsp3) is 0.105. The molecule has 3 heteroatoms. The van der Waals surface area contributed by atoms with Gasteiger partial charge in [0.05, 0.1) is 11.3 Å². The van der Waals surface area contributed by atoms with Crippen LogP contribution in [0.4, 0.5) is 5.69 Å². The van der Waals surface area contributed by atoms with E-state index in [1.807, 2.05) is 59.5 Å². The third-order valence-corrected chi connectivity index (χ3v) is 4.08. The summed E-state index contributed by atoms with van der Waals surface area (Å²) in [6.45, 7) is 4.42. The number of allylic oxidation sites excluding steroid dienone is 1. The number of carbonyl (C=O) groups excluding carboxylic acids is 1. The van der Waals surface area contributed by atoms with Gasteiger partial charge in [0.1, 0.15) is 0 Å². The van der Waals surface area contributed by atoms with Gasteiger partial charge < -0.3 is 9.64 Å². The molecule has 1 heterocycles. The predicted octanol–water partition coefficient (Wildman–Crippen LogP) is 3.72. The molecule has 0 saturated heterocycles. The van der Waals surface area contributed by atoms with Crippen LogP contribution in [0.1, 0.15) is 15.9 Å². The SMILES string of the molecule is C=CCN1C(=C2Cc3ccccc3C2=O)Oc2ccccc21. The van der Waals surface area contributed by atoms with Gasteiger partial charge in [-0.1, -0.05) is 42.5 Å². The van der Waals surface area contributed by atoms with Gasteiger partial charge in [0.25, 0.3) is 0 Å². The average molecular weight is 289 g/mol. The number of carbonyl (C=O) groups is 1. The molecule has 0 fully saturated rings. The molecule has 0 unspecified atom stereocenters. The van der Waals surface area contributed by atoms with E-state index in [9.17, 15) is 4.79 Å². The molecule has 3 nitrogen and oxygen atoms in total. The number of ketones is 1. The number of ether oxygens (including phenoxy) is 1. The molecule has 0 amide bonds. The van der Waals surface area contributed by atoms with Crippen molar-refractivity contribution < 1.29 is 9.53 Å². The molecule has 1 aliphatic heterocycles. The van der Waals surface area contributed by atoms with E-state index < -0.39 is 0 Å². The minimum atomic E-state index is 0.0625. The molecule has 0 aromatic heterocycles. The van der Waals surface area contributed by atoms with Gasteiger partial charge in [0.15, 0.2) is 11.5 Å². The zero-order chi connectivity index (χ0) is 15.1. The second kappa shape index (κ2) is 4.88. The van der Waals surface area contributed by atoms with Crippen LogP contribution >= 0.6 is 0 Å². The molecule has 0 N–H and O–H groups in total. The van der Waals surface area contributed by atoms with Gasteiger partial charge in [0, 0.05) is 18.5 Å². The number of hydrogen-bond acceptors (Lipinski definition) is 3. The highest BCUT2D eigenvalue weighted by Gasteiger charge is 2.35. The predicted molar refractivity (Wildman–Crippen MR) is 86.1 cm³/mol. The van der Waals surface area contributed by atoms with Crippen LogP contribution in [-0.4, -0.2) is 12.3 Å². The number of rotatable bonds is 2. The van der Waals surface area contributed by atoms with E-state index in [0.29, 0.717) is 18.8 Å². The number of Topliss-reactive ketones (excluding diaryl/α,β-unsaturated/α-hetero) is 1. The number of hydrogen-bond donors (Lipinski definition) is 0. The van der Waals surface area contributed by atoms with Crippen molar-refractivity contribution in [2.75, 3.05) is 11.4 Å². The molecule has 4 rings (SSSR count). The summed E-state index contributed by atoms with van der Waals surface area (Å²) in [6.07, 6.45) is 2.44. The van der Waals surface area contributed by atoms with Gasteiger partial charge >= 0.3 is 0 Å². The largest absolute Gasteiger partial charge is 0.438 e. The van der Waals surface area contributed by atoms with E-state index in [1.54, 1.807) is 0 Å². The van der Waals surface area contributed by atoms with Crippen LogP contribution in [0, 0.1) is 0 Å². The van der Waals surface area contributed by atoms with E-state index in [-0.39, 0.29) is 5.78 Å². The molecule has 2 aromatic rings. The standard InChI is InChI=1S/C19H15NO2/c1-2-11-20-16-9-5-6-10-17(16)22-19(20)15-12-13-7-3-4-8-14(13)18(15)21/h2-10H,1,11-12H2. The van der Waals surface area contributed by atoms with Crippen LogP contribution in [0.3, 0.4) is 0 Å². The summed E-state index contributed by atoms with van der Waals surface area (Å²) in [7, 11) is 0. The summed E-state index contributed by atoms with van der Waals surface area (Å²) in [5.74, 6) is 1.49. The van der Waals surface area contributed by atoms with E-state index in [0.717, 1.165) is 28.1 Å². The van der Waals surface area contributed by atoms with Gasteiger partial charge in [-0.05, 0) is 17.7 Å². The molecular formula is C19H15NO2. The smallest absolute Gasteiger partial charge is 0.208 e. The molecular weight excluding hydrogens is 274 g/mol. The van der Waals surface area contributed by atoms with Crippen molar-refractivity contribution >= 4 is 11.5 Å². The Morgan fingerprint density at radius 3 is 2.73 bits per heavy atom. The Morgan fingerprint density at radius 1 is 1.14 bits per heavy atom. The van der Waals surface area contributed by atoms with Crippen LogP contribution in [0.2, 0.25) is 0 Å². The molecule has 0 saturated carbocycles. The number of anilines is 1. The molecule has 22 heavy (non-hydrogen) atoms. The number of para-hydroxylation sites is 2. The van der Waals surface area contributed by atoms with Gasteiger partial charge in [-0.2, -0.15) is 0 Å². The molecule has 0 spiro atoms. The molecule has 0 bridgehead atoms. The topological polar surface area (TPSA) is 29.5 Å². The maximum atomic E-state index is 12.7. The lowest BCUT2D eigenvalue weighted by atomic mass is 10.1. The summed E-state index contributed by atoms with van der Waals surface area (Å²) >= 11 is 0. The summed E-state index contributed by atoms with van der Waals surface area (Å²) in [6, 6.07) is 15.6. The number of benzene rings is 2. The van der Waals surface area contributed by atoms with Crippen LogP contribution < -0.4 is 9.64 Å². The fourth-order valence-electron chi connectivity index (χ4n) is 3.07.